The van der Waals surface area contributed by atoms with Gasteiger partial charge in [0.1, 0.15) is 11.5 Å². The molecule has 104 valence electrons. The highest BCUT2D eigenvalue weighted by molar-refractivity contribution is 6.39. The van der Waals surface area contributed by atoms with Crippen LogP contribution in [0.15, 0.2) is 48.5 Å². The van der Waals surface area contributed by atoms with Crippen molar-refractivity contribution in [2.45, 2.75) is 0 Å². The van der Waals surface area contributed by atoms with Gasteiger partial charge < -0.3 is 9.84 Å². The van der Waals surface area contributed by atoms with Crippen LogP contribution in [-0.4, -0.2) is 23.8 Å². The van der Waals surface area contributed by atoms with Crippen LogP contribution in [0, 0.1) is 0 Å². The summed E-state index contributed by atoms with van der Waals surface area (Å²) in [6, 6.07) is 11.5. The lowest BCUT2D eigenvalue weighted by molar-refractivity contribution is 0.0999. The molecule has 0 spiro atoms. The first kappa shape index (κ1) is 13.1. The first-order valence-corrected chi connectivity index (χ1v) is 6.39. The number of fused-ring (bicyclic) bond motifs is 1. The minimum Gasteiger partial charge on any atom is -0.507 e. The van der Waals surface area contributed by atoms with Crippen molar-refractivity contribution in [1.82, 2.24) is 0 Å². The van der Waals surface area contributed by atoms with E-state index in [1.807, 2.05) is 0 Å². The Morgan fingerprint density at radius 2 is 1.67 bits per heavy atom. The molecule has 0 heterocycles. The summed E-state index contributed by atoms with van der Waals surface area (Å²) in [7, 11) is 1.51. The molecule has 0 aliphatic heterocycles. The summed E-state index contributed by atoms with van der Waals surface area (Å²) in [6.45, 7) is 0. The molecule has 0 unspecified atom stereocenters. The van der Waals surface area contributed by atoms with Gasteiger partial charge in [-0.3, -0.25) is 9.59 Å². The van der Waals surface area contributed by atoms with E-state index in [1.165, 1.54) is 25.3 Å². The first-order chi connectivity index (χ1) is 10.1. The van der Waals surface area contributed by atoms with Crippen LogP contribution in [0.25, 0.3) is 5.57 Å². The molecule has 1 aliphatic carbocycles. The molecule has 3 rings (SSSR count). The Morgan fingerprint density at radius 1 is 0.952 bits per heavy atom. The number of ketones is 2. The molecule has 1 aliphatic rings. The summed E-state index contributed by atoms with van der Waals surface area (Å²) in [6.07, 6.45) is 1.25. The summed E-state index contributed by atoms with van der Waals surface area (Å²) in [5.41, 5.74) is 1.10. The number of rotatable bonds is 2. The highest BCUT2D eigenvalue weighted by atomic mass is 16.5. The molecule has 0 saturated carbocycles. The van der Waals surface area contributed by atoms with E-state index in [0.717, 1.165) is 0 Å². The summed E-state index contributed by atoms with van der Waals surface area (Å²) in [5.74, 6) is -0.344. The lowest BCUT2D eigenvalue weighted by Gasteiger charge is -2.17. The van der Waals surface area contributed by atoms with Crippen LogP contribution >= 0.6 is 0 Å². The van der Waals surface area contributed by atoms with E-state index in [-0.39, 0.29) is 34.0 Å². The van der Waals surface area contributed by atoms with Gasteiger partial charge in [0, 0.05) is 16.7 Å². The molecule has 4 heteroatoms. The van der Waals surface area contributed by atoms with Crippen LogP contribution in [0.4, 0.5) is 0 Å². The molecular formula is C17H12O4. The highest BCUT2D eigenvalue weighted by Crippen LogP contribution is 2.35. The topological polar surface area (TPSA) is 63.6 Å². The zero-order valence-electron chi connectivity index (χ0n) is 11.3. The Bertz CT molecular complexity index is 787. The van der Waals surface area contributed by atoms with Crippen molar-refractivity contribution < 1.29 is 19.4 Å². The number of carbonyl (C=O) groups excluding carboxylic acids is 2. The number of phenols is 1. The van der Waals surface area contributed by atoms with Gasteiger partial charge in [0.2, 0.25) is 0 Å². The Kier molecular flexibility index (Phi) is 3.06. The number of carbonyl (C=O) groups is 2. The summed E-state index contributed by atoms with van der Waals surface area (Å²) in [5, 5.41) is 9.78. The summed E-state index contributed by atoms with van der Waals surface area (Å²) >= 11 is 0. The molecule has 0 bridgehead atoms. The van der Waals surface area contributed by atoms with Gasteiger partial charge in [0.05, 0.1) is 12.7 Å². The van der Waals surface area contributed by atoms with E-state index in [4.69, 9.17) is 4.74 Å². The smallest absolute Gasteiger partial charge is 0.194 e. The van der Waals surface area contributed by atoms with Gasteiger partial charge >= 0.3 is 0 Å². The van der Waals surface area contributed by atoms with Crippen LogP contribution in [-0.2, 0) is 0 Å². The second-order valence-corrected chi connectivity index (χ2v) is 4.65. The van der Waals surface area contributed by atoms with Crippen molar-refractivity contribution in [2.24, 2.45) is 0 Å². The molecule has 2 aromatic rings. The fourth-order valence-electron chi connectivity index (χ4n) is 2.47. The predicted octanol–water partition coefficient (Wildman–Crippen LogP) is 2.86. The molecule has 1 N–H and O–H groups in total. The maximum atomic E-state index is 12.6. The molecule has 0 atom stereocenters. The van der Waals surface area contributed by atoms with E-state index in [1.54, 1.807) is 30.3 Å². The average Bonchev–Trinajstić information content (AvgIpc) is 2.50. The number of phenolic OH excluding ortho intramolecular Hbond substituents is 1. The fraction of sp³-hybridized carbons (Fsp3) is 0.0588. The van der Waals surface area contributed by atoms with E-state index in [9.17, 15) is 14.7 Å². The number of Topliss-reactive ketones (excluding diaryl/α,β-unsaturated/α-hetero) is 1. The third-order valence-corrected chi connectivity index (χ3v) is 3.45. The summed E-state index contributed by atoms with van der Waals surface area (Å²) in [4.78, 5) is 24.8. The van der Waals surface area contributed by atoms with Crippen molar-refractivity contribution >= 4 is 17.1 Å². The predicted molar refractivity (Wildman–Crippen MR) is 77.7 cm³/mol. The lowest BCUT2D eigenvalue weighted by Crippen LogP contribution is -2.16. The molecule has 0 amide bonds. The number of hydrogen-bond acceptors (Lipinski definition) is 4. The minimum absolute atomic E-state index is 0.0566. The summed E-state index contributed by atoms with van der Waals surface area (Å²) < 4.78 is 5.24. The number of benzene rings is 2. The minimum atomic E-state index is -0.386. The van der Waals surface area contributed by atoms with E-state index < -0.39 is 0 Å². The zero-order chi connectivity index (χ0) is 15.0. The van der Waals surface area contributed by atoms with Crippen molar-refractivity contribution in [3.05, 3.63) is 65.2 Å². The van der Waals surface area contributed by atoms with Gasteiger partial charge in [-0.2, -0.15) is 0 Å². The molecule has 0 aromatic heterocycles. The molecule has 2 aromatic carbocycles. The molecule has 0 saturated heterocycles. The molecule has 21 heavy (non-hydrogen) atoms. The largest absolute Gasteiger partial charge is 0.507 e. The van der Waals surface area contributed by atoms with E-state index >= 15 is 0 Å². The van der Waals surface area contributed by atoms with Crippen LogP contribution < -0.4 is 4.74 Å². The third-order valence-electron chi connectivity index (χ3n) is 3.45. The first-order valence-electron chi connectivity index (χ1n) is 6.39. The molecule has 4 nitrogen and oxygen atoms in total. The maximum absolute atomic E-state index is 12.6. The Balaban J connectivity index is 2.20. The van der Waals surface area contributed by atoms with Crippen LogP contribution in [0.3, 0.4) is 0 Å². The Morgan fingerprint density at radius 3 is 2.43 bits per heavy atom. The normalized spacial score (nSPS) is 13.7. The number of allylic oxidation sites excluding steroid dienone is 2. The fourth-order valence-corrected chi connectivity index (χ4v) is 2.47. The van der Waals surface area contributed by atoms with E-state index in [0.29, 0.717) is 11.3 Å². The SMILES string of the molecule is COc1ccccc1C1=CC(=O)c2c(O)cccc2C1=O. The van der Waals surface area contributed by atoms with Crippen molar-refractivity contribution in [3.8, 4) is 11.5 Å². The van der Waals surface area contributed by atoms with Crippen molar-refractivity contribution in [3.63, 3.8) is 0 Å². The van der Waals surface area contributed by atoms with Crippen LogP contribution in [0.5, 0.6) is 11.5 Å². The molecule has 0 radical (unpaired) electrons. The molecular weight excluding hydrogens is 268 g/mol. The third kappa shape index (κ3) is 2.01. The number of methoxy groups -OCH3 is 1. The second-order valence-electron chi connectivity index (χ2n) is 4.65. The van der Waals surface area contributed by atoms with Gasteiger partial charge in [-0.05, 0) is 18.2 Å². The zero-order valence-corrected chi connectivity index (χ0v) is 11.3. The maximum Gasteiger partial charge on any atom is 0.194 e. The van der Waals surface area contributed by atoms with Gasteiger partial charge in [-0.25, -0.2) is 0 Å². The van der Waals surface area contributed by atoms with Gasteiger partial charge in [0.25, 0.3) is 0 Å². The van der Waals surface area contributed by atoms with Crippen molar-refractivity contribution in [2.75, 3.05) is 7.11 Å². The van der Waals surface area contributed by atoms with Crippen LogP contribution in [0.1, 0.15) is 26.3 Å². The second kappa shape index (κ2) is 4.90. The Hall–Kier alpha value is -2.88. The highest BCUT2D eigenvalue weighted by Gasteiger charge is 2.29. The molecule has 0 fully saturated rings. The number of hydrogen-bond donors (Lipinski definition) is 1. The monoisotopic (exact) mass is 280 g/mol. The number of para-hydroxylation sites is 1. The van der Waals surface area contributed by atoms with Gasteiger partial charge in [-0.1, -0.05) is 30.3 Å². The van der Waals surface area contributed by atoms with Crippen molar-refractivity contribution in [1.29, 1.82) is 0 Å². The lowest BCUT2D eigenvalue weighted by atomic mass is 9.85. The number of aromatic hydroxyl groups is 1. The average molecular weight is 280 g/mol. The quantitative estimate of drug-likeness (QED) is 0.918. The number of ether oxygens (including phenoxy) is 1. The van der Waals surface area contributed by atoms with Crippen LogP contribution in [0.2, 0.25) is 0 Å². The van der Waals surface area contributed by atoms with Gasteiger partial charge in [0.15, 0.2) is 11.6 Å². The van der Waals surface area contributed by atoms with Gasteiger partial charge in [-0.15, -0.1) is 0 Å². The van der Waals surface area contributed by atoms with E-state index in [2.05, 4.69) is 0 Å². The standard InChI is InChI=1S/C17H12O4/c1-21-15-8-3-2-5-10(15)12-9-14(19)16-11(17(12)20)6-4-7-13(16)18/h2-9,18H,1H3. The Labute approximate surface area is 121 Å².